The minimum atomic E-state index is -0.0624. The number of nitrogens with zero attached hydrogens (tertiary/aromatic N) is 2. The van der Waals surface area contributed by atoms with Gasteiger partial charge in [0.2, 0.25) is 5.91 Å². The minimum Gasteiger partial charge on any atom is -0.375 e. The Hall–Kier alpha value is -1.47. The van der Waals surface area contributed by atoms with Crippen LogP contribution in [0.3, 0.4) is 0 Å². The van der Waals surface area contributed by atoms with Crippen molar-refractivity contribution in [1.82, 2.24) is 9.97 Å². The van der Waals surface area contributed by atoms with Gasteiger partial charge in [0.1, 0.15) is 0 Å². The zero-order chi connectivity index (χ0) is 13.3. The third kappa shape index (κ3) is 2.68. The number of nitrogen functional groups attached to an aromatic ring is 1. The molecule has 3 N–H and O–H groups in total. The van der Waals surface area contributed by atoms with Crippen molar-refractivity contribution in [3.05, 3.63) is 11.1 Å². The molecule has 18 heavy (non-hydrogen) atoms. The molecule has 0 atom stereocenters. The zero-order valence-electron chi connectivity index (χ0n) is 10.4. The fraction of sp³-hybridized carbons (Fsp3) is 0.364. The molecule has 0 aliphatic rings. The predicted molar refractivity (Wildman–Crippen MR) is 75.8 cm³/mol. The summed E-state index contributed by atoms with van der Waals surface area (Å²) in [6.07, 6.45) is 0. The molecular formula is C11H14N4OS2. The number of carbonyl (C=O) groups excluding carboxylic acids is 1. The van der Waals surface area contributed by atoms with Crippen LogP contribution in [0.15, 0.2) is 5.38 Å². The summed E-state index contributed by atoms with van der Waals surface area (Å²) >= 11 is 2.81. The first-order chi connectivity index (χ1) is 8.47. The molecule has 5 nitrogen and oxygen atoms in total. The number of carbonyl (C=O) groups is 1. The highest BCUT2D eigenvalue weighted by molar-refractivity contribution is 7.19. The van der Waals surface area contributed by atoms with E-state index in [0.29, 0.717) is 10.3 Å². The Balaban J connectivity index is 2.25. The van der Waals surface area contributed by atoms with E-state index in [9.17, 15) is 4.79 Å². The molecule has 0 fully saturated rings. The van der Waals surface area contributed by atoms with E-state index in [1.54, 1.807) is 0 Å². The second-order valence-electron chi connectivity index (χ2n) is 4.15. The van der Waals surface area contributed by atoms with Gasteiger partial charge in [0.15, 0.2) is 10.3 Å². The molecule has 96 valence electrons. The maximum absolute atomic E-state index is 11.6. The maximum Gasteiger partial charge on any atom is 0.228 e. The summed E-state index contributed by atoms with van der Waals surface area (Å²) in [5.74, 6) is -0.0966. The van der Waals surface area contributed by atoms with Crippen LogP contribution in [0, 0.1) is 12.8 Å². The second-order valence-corrected chi connectivity index (χ2v) is 6.04. The van der Waals surface area contributed by atoms with Gasteiger partial charge in [-0.3, -0.25) is 4.79 Å². The molecular weight excluding hydrogens is 268 g/mol. The van der Waals surface area contributed by atoms with Crippen LogP contribution in [-0.4, -0.2) is 15.9 Å². The molecule has 0 bridgehead atoms. The normalized spacial score (nSPS) is 10.9. The van der Waals surface area contributed by atoms with Crippen molar-refractivity contribution in [2.24, 2.45) is 5.92 Å². The van der Waals surface area contributed by atoms with Gasteiger partial charge in [-0.2, -0.15) is 0 Å². The van der Waals surface area contributed by atoms with Gasteiger partial charge in [0, 0.05) is 11.3 Å². The molecule has 0 aliphatic carbocycles. The lowest BCUT2D eigenvalue weighted by molar-refractivity contribution is -0.118. The molecule has 1 amide bonds. The Labute approximate surface area is 113 Å². The van der Waals surface area contributed by atoms with Gasteiger partial charge in [-0.15, -0.1) is 11.3 Å². The number of amides is 1. The van der Waals surface area contributed by atoms with E-state index in [-0.39, 0.29) is 11.8 Å². The van der Waals surface area contributed by atoms with Crippen LogP contribution in [0.4, 0.5) is 10.3 Å². The van der Waals surface area contributed by atoms with Crippen LogP contribution in [0.2, 0.25) is 0 Å². The lowest BCUT2D eigenvalue weighted by Crippen LogP contribution is -2.17. The van der Waals surface area contributed by atoms with Crippen molar-refractivity contribution in [2.75, 3.05) is 11.1 Å². The molecule has 0 radical (unpaired) electrons. The molecule has 2 aromatic rings. The minimum absolute atomic E-state index is 0.0342. The molecule has 0 aromatic carbocycles. The third-order valence-corrected chi connectivity index (χ3v) is 4.07. The summed E-state index contributed by atoms with van der Waals surface area (Å²) < 4.78 is 0. The quantitative estimate of drug-likeness (QED) is 0.907. The summed E-state index contributed by atoms with van der Waals surface area (Å²) in [5, 5.41) is 5.82. The lowest BCUT2D eigenvalue weighted by Gasteiger charge is -2.02. The number of aryl methyl sites for hydroxylation is 1. The molecule has 0 saturated carbocycles. The molecule has 0 saturated heterocycles. The largest absolute Gasteiger partial charge is 0.375 e. The van der Waals surface area contributed by atoms with Crippen LogP contribution in [-0.2, 0) is 4.79 Å². The van der Waals surface area contributed by atoms with Gasteiger partial charge in [-0.05, 0) is 6.92 Å². The van der Waals surface area contributed by atoms with E-state index in [1.807, 2.05) is 26.2 Å². The number of anilines is 2. The Bertz CT molecular complexity index is 573. The molecule has 2 aromatic heterocycles. The van der Waals surface area contributed by atoms with Crippen LogP contribution in [0.25, 0.3) is 10.6 Å². The average molecular weight is 282 g/mol. The molecule has 2 rings (SSSR count). The number of hydrogen-bond acceptors (Lipinski definition) is 6. The number of nitrogens with two attached hydrogens (primary N) is 1. The highest BCUT2D eigenvalue weighted by Crippen LogP contribution is 2.33. The van der Waals surface area contributed by atoms with Crippen molar-refractivity contribution in [3.8, 4) is 10.6 Å². The van der Waals surface area contributed by atoms with Crippen LogP contribution in [0.1, 0.15) is 19.5 Å². The molecule has 0 aliphatic heterocycles. The molecule has 0 spiro atoms. The van der Waals surface area contributed by atoms with Gasteiger partial charge in [-0.1, -0.05) is 25.2 Å². The van der Waals surface area contributed by atoms with Crippen molar-refractivity contribution < 1.29 is 4.79 Å². The molecule has 0 unspecified atom stereocenters. The Morgan fingerprint density at radius 3 is 2.72 bits per heavy atom. The van der Waals surface area contributed by atoms with Crippen molar-refractivity contribution in [1.29, 1.82) is 0 Å². The van der Waals surface area contributed by atoms with E-state index in [4.69, 9.17) is 5.73 Å². The molecule has 2 heterocycles. The summed E-state index contributed by atoms with van der Waals surface area (Å²) in [6.45, 7) is 5.59. The Morgan fingerprint density at radius 1 is 1.44 bits per heavy atom. The van der Waals surface area contributed by atoms with E-state index < -0.39 is 0 Å². The van der Waals surface area contributed by atoms with E-state index in [1.165, 1.54) is 22.7 Å². The van der Waals surface area contributed by atoms with E-state index >= 15 is 0 Å². The standard InChI is InChI=1S/C11H14N4OS2/c1-5(2)9(16)15-11-13-6(3)8(18-11)7-4-17-10(12)14-7/h4-5H,1-3H3,(H2,12,14)(H,13,15,16). The number of thiazole rings is 2. The van der Waals surface area contributed by atoms with Crippen molar-refractivity contribution in [3.63, 3.8) is 0 Å². The van der Waals surface area contributed by atoms with Gasteiger partial charge in [0.25, 0.3) is 0 Å². The van der Waals surface area contributed by atoms with Gasteiger partial charge in [0.05, 0.1) is 16.3 Å². The summed E-state index contributed by atoms with van der Waals surface area (Å²) in [7, 11) is 0. The van der Waals surface area contributed by atoms with Gasteiger partial charge < -0.3 is 11.1 Å². The first kappa shape index (κ1) is 13.0. The molecule has 7 heteroatoms. The topological polar surface area (TPSA) is 80.9 Å². The zero-order valence-corrected chi connectivity index (χ0v) is 12.0. The second kappa shape index (κ2) is 5.03. The van der Waals surface area contributed by atoms with Crippen molar-refractivity contribution >= 4 is 38.8 Å². The summed E-state index contributed by atoms with van der Waals surface area (Å²) in [5.41, 5.74) is 7.28. The highest BCUT2D eigenvalue weighted by atomic mass is 32.1. The van der Waals surface area contributed by atoms with Gasteiger partial charge >= 0.3 is 0 Å². The smallest absolute Gasteiger partial charge is 0.228 e. The predicted octanol–water partition coefficient (Wildman–Crippen LogP) is 2.75. The average Bonchev–Trinajstić information content (AvgIpc) is 2.85. The van der Waals surface area contributed by atoms with E-state index in [2.05, 4.69) is 15.3 Å². The number of hydrogen-bond donors (Lipinski definition) is 2. The number of nitrogens with one attached hydrogen (secondary N) is 1. The first-order valence-electron chi connectivity index (χ1n) is 5.47. The SMILES string of the molecule is Cc1nc(NC(=O)C(C)C)sc1-c1csc(N)n1. The number of aromatic nitrogens is 2. The Kier molecular flexibility index (Phi) is 3.63. The third-order valence-electron chi connectivity index (χ3n) is 2.31. The number of rotatable bonds is 3. The summed E-state index contributed by atoms with van der Waals surface area (Å²) in [4.78, 5) is 21.1. The van der Waals surface area contributed by atoms with E-state index in [0.717, 1.165) is 16.3 Å². The maximum atomic E-state index is 11.6. The highest BCUT2D eigenvalue weighted by Gasteiger charge is 2.15. The first-order valence-corrected chi connectivity index (χ1v) is 7.16. The fourth-order valence-corrected chi connectivity index (χ4v) is 2.89. The fourth-order valence-electron chi connectivity index (χ4n) is 1.33. The Morgan fingerprint density at radius 2 is 2.17 bits per heavy atom. The summed E-state index contributed by atoms with van der Waals surface area (Å²) in [6, 6.07) is 0. The van der Waals surface area contributed by atoms with Crippen molar-refractivity contribution in [2.45, 2.75) is 20.8 Å². The van der Waals surface area contributed by atoms with Crippen LogP contribution < -0.4 is 11.1 Å². The van der Waals surface area contributed by atoms with Crippen LogP contribution in [0.5, 0.6) is 0 Å². The monoisotopic (exact) mass is 282 g/mol. The van der Waals surface area contributed by atoms with Crippen LogP contribution >= 0.6 is 22.7 Å². The lowest BCUT2D eigenvalue weighted by atomic mass is 10.2. The van der Waals surface area contributed by atoms with Gasteiger partial charge in [-0.25, -0.2) is 9.97 Å².